The number of nitrogens with two attached hydrogens (primary N) is 1. The van der Waals surface area contributed by atoms with Crippen molar-refractivity contribution in [3.8, 4) is 5.75 Å². The van der Waals surface area contributed by atoms with Crippen molar-refractivity contribution in [2.45, 2.75) is 6.61 Å². The largest absolute Gasteiger partial charge is 0.435 e. The Morgan fingerprint density at radius 1 is 1.42 bits per heavy atom. The number of hydrogen-bond acceptors (Lipinski definition) is 2. The van der Waals surface area contributed by atoms with Gasteiger partial charge in [-0.1, -0.05) is 0 Å². The average Bonchev–Trinajstić information content (AvgIpc) is 1.96. The normalized spacial score (nSPS) is 10.3. The number of rotatable bonds is 2. The summed E-state index contributed by atoms with van der Waals surface area (Å²) in [5.74, 6) is 0.0890. The quantitative estimate of drug-likeness (QED) is 0.803. The van der Waals surface area contributed by atoms with Crippen LogP contribution in [0.3, 0.4) is 0 Å². The molecule has 2 nitrogen and oxygen atoms in total. The van der Waals surface area contributed by atoms with Crippen LogP contribution in [0.25, 0.3) is 0 Å². The minimum Gasteiger partial charge on any atom is -0.435 e. The van der Waals surface area contributed by atoms with Crippen LogP contribution in [0.2, 0.25) is 0 Å². The van der Waals surface area contributed by atoms with E-state index in [-0.39, 0.29) is 5.75 Å². The molecule has 0 saturated heterocycles. The summed E-state index contributed by atoms with van der Waals surface area (Å²) < 4.78 is 28.0. The first kappa shape index (κ1) is 9.25. The monoisotopic (exact) mass is 237 g/mol. The van der Waals surface area contributed by atoms with Crippen molar-refractivity contribution >= 4 is 21.6 Å². The number of halogens is 3. The predicted molar refractivity (Wildman–Crippen MR) is 45.2 cm³/mol. The molecule has 0 fully saturated rings. The second-order valence-corrected chi connectivity index (χ2v) is 2.92. The van der Waals surface area contributed by atoms with Crippen molar-refractivity contribution < 1.29 is 13.5 Å². The maximum absolute atomic E-state index is 11.7. The minimum absolute atomic E-state index is 0.0890. The highest BCUT2D eigenvalue weighted by Gasteiger charge is 2.04. The lowest BCUT2D eigenvalue weighted by molar-refractivity contribution is -0.0498. The van der Waals surface area contributed by atoms with Gasteiger partial charge in [0.25, 0.3) is 0 Å². The molecule has 0 heterocycles. The maximum atomic E-state index is 11.7. The SMILES string of the molecule is Nc1ccc(OC(F)F)cc1Br. The Labute approximate surface area is 76.4 Å². The average molecular weight is 238 g/mol. The van der Waals surface area contributed by atoms with E-state index in [1.807, 2.05) is 0 Å². The molecule has 0 spiro atoms. The van der Waals surface area contributed by atoms with E-state index in [1.165, 1.54) is 18.2 Å². The zero-order valence-corrected chi connectivity index (χ0v) is 7.51. The van der Waals surface area contributed by atoms with Gasteiger partial charge in [0, 0.05) is 10.2 Å². The van der Waals surface area contributed by atoms with E-state index in [2.05, 4.69) is 20.7 Å². The Morgan fingerprint density at radius 3 is 2.58 bits per heavy atom. The maximum Gasteiger partial charge on any atom is 0.387 e. The second-order valence-electron chi connectivity index (χ2n) is 2.06. The summed E-state index contributed by atoms with van der Waals surface area (Å²) in [5.41, 5.74) is 5.91. The molecule has 5 heteroatoms. The van der Waals surface area contributed by atoms with E-state index < -0.39 is 6.61 Å². The number of ether oxygens (including phenoxy) is 1. The molecule has 0 bridgehead atoms. The van der Waals surface area contributed by atoms with Crippen molar-refractivity contribution in [2.24, 2.45) is 0 Å². The molecule has 0 amide bonds. The molecule has 0 saturated carbocycles. The van der Waals surface area contributed by atoms with Crippen LogP contribution < -0.4 is 10.5 Å². The highest BCUT2D eigenvalue weighted by molar-refractivity contribution is 9.10. The highest BCUT2D eigenvalue weighted by atomic mass is 79.9. The Balaban J connectivity index is 2.82. The highest BCUT2D eigenvalue weighted by Crippen LogP contribution is 2.25. The summed E-state index contributed by atoms with van der Waals surface area (Å²) in [6.45, 7) is -2.81. The fourth-order valence-corrected chi connectivity index (χ4v) is 1.04. The van der Waals surface area contributed by atoms with Crippen LogP contribution in [-0.4, -0.2) is 6.61 Å². The van der Waals surface area contributed by atoms with E-state index in [9.17, 15) is 8.78 Å². The molecule has 1 rings (SSSR count). The van der Waals surface area contributed by atoms with Gasteiger partial charge in [-0.05, 0) is 34.1 Å². The van der Waals surface area contributed by atoms with E-state index in [0.29, 0.717) is 10.2 Å². The van der Waals surface area contributed by atoms with Crippen molar-refractivity contribution in [3.63, 3.8) is 0 Å². The van der Waals surface area contributed by atoms with Gasteiger partial charge in [0.15, 0.2) is 0 Å². The van der Waals surface area contributed by atoms with Crippen molar-refractivity contribution in [3.05, 3.63) is 22.7 Å². The number of anilines is 1. The van der Waals surface area contributed by atoms with Gasteiger partial charge >= 0.3 is 6.61 Å². The summed E-state index contributed by atoms with van der Waals surface area (Å²) in [5, 5.41) is 0. The lowest BCUT2D eigenvalue weighted by Crippen LogP contribution is -2.01. The number of nitrogen functional groups attached to an aromatic ring is 1. The van der Waals surface area contributed by atoms with Crippen molar-refractivity contribution in [2.75, 3.05) is 5.73 Å². The first-order chi connectivity index (χ1) is 5.59. The van der Waals surface area contributed by atoms with Crippen LogP contribution in [0, 0.1) is 0 Å². The summed E-state index contributed by atoms with van der Waals surface area (Å²) in [4.78, 5) is 0. The molecule has 0 atom stereocenters. The molecule has 2 N–H and O–H groups in total. The molecule has 0 aliphatic rings. The predicted octanol–water partition coefficient (Wildman–Crippen LogP) is 2.63. The molecule has 0 unspecified atom stereocenters. The first-order valence-electron chi connectivity index (χ1n) is 3.09. The Kier molecular flexibility index (Phi) is 2.86. The van der Waals surface area contributed by atoms with Crippen molar-refractivity contribution in [1.82, 2.24) is 0 Å². The Morgan fingerprint density at radius 2 is 2.08 bits per heavy atom. The number of benzene rings is 1. The summed E-state index contributed by atoms with van der Waals surface area (Å²) in [7, 11) is 0. The standard InChI is InChI=1S/C7H6BrF2NO/c8-5-3-4(12-7(9)10)1-2-6(5)11/h1-3,7H,11H2. The van der Waals surface area contributed by atoms with Gasteiger partial charge in [-0.3, -0.25) is 0 Å². The van der Waals surface area contributed by atoms with Gasteiger partial charge in [0.1, 0.15) is 5.75 Å². The first-order valence-corrected chi connectivity index (χ1v) is 3.88. The van der Waals surface area contributed by atoms with E-state index in [1.54, 1.807) is 0 Å². The zero-order chi connectivity index (χ0) is 9.14. The molecule has 0 aliphatic carbocycles. The summed E-state index contributed by atoms with van der Waals surface area (Å²) in [6.07, 6.45) is 0. The third-order valence-electron chi connectivity index (χ3n) is 1.20. The van der Waals surface area contributed by atoms with E-state index >= 15 is 0 Å². The lowest BCUT2D eigenvalue weighted by Gasteiger charge is -2.05. The Bertz CT molecular complexity index is 280. The molecular weight excluding hydrogens is 232 g/mol. The summed E-state index contributed by atoms with van der Waals surface area (Å²) in [6, 6.07) is 4.26. The van der Waals surface area contributed by atoms with Gasteiger partial charge in [-0.15, -0.1) is 0 Å². The van der Waals surface area contributed by atoms with Crippen LogP contribution in [0.15, 0.2) is 22.7 Å². The van der Waals surface area contributed by atoms with Gasteiger partial charge < -0.3 is 10.5 Å². The number of hydrogen-bond donors (Lipinski definition) is 1. The third kappa shape index (κ3) is 2.34. The molecule has 12 heavy (non-hydrogen) atoms. The molecule has 66 valence electrons. The van der Waals surface area contributed by atoms with Crippen molar-refractivity contribution in [1.29, 1.82) is 0 Å². The van der Waals surface area contributed by atoms with Gasteiger partial charge in [0.2, 0.25) is 0 Å². The fraction of sp³-hybridized carbons (Fsp3) is 0.143. The van der Waals surface area contributed by atoms with Crippen LogP contribution in [0.1, 0.15) is 0 Å². The Hall–Kier alpha value is -0.840. The molecule has 0 aromatic heterocycles. The smallest absolute Gasteiger partial charge is 0.387 e. The van der Waals surface area contributed by atoms with Crippen LogP contribution in [0.5, 0.6) is 5.75 Å². The molecule has 0 radical (unpaired) electrons. The topological polar surface area (TPSA) is 35.2 Å². The van der Waals surface area contributed by atoms with E-state index in [4.69, 9.17) is 5.73 Å². The second kappa shape index (κ2) is 3.71. The molecular formula is C7H6BrF2NO. The molecule has 0 aliphatic heterocycles. The molecule has 1 aromatic rings. The minimum atomic E-state index is -2.81. The number of alkyl halides is 2. The molecule has 1 aromatic carbocycles. The summed E-state index contributed by atoms with van der Waals surface area (Å²) >= 11 is 3.09. The zero-order valence-electron chi connectivity index (χ0n) is 5.93. The van der Waals surface area contributed by atoms with Crippen LogP contribution in [0.4, 0.5) is 14.5 Å². The van der Waals surface area contributed by atoms with Gasteiger partial charge in [0.05, 0.1) is 0 Å². The van der Waals surface area contributed by atoms with Crippen LogP contribution in [-0.2, 0) is 0 Å². The van der Waals surface area contributed by atoms with Gasteiger partial charge in [-0.2, -0.15) is 8.78 Å². The fourth-order valence-electron chi connectivity index (χ4n) is 0.684. The van der Waals surface area contributed by atoms with Crippen LogP contribution >= 0.6 is 15.9 Å². The third-order valence-corrected chi connectivity index (χ3v) is 1.88. The van der Waals surface area contributed by atoms with Gasteiger partial charge in [-0.25, -0.2) is 0 Å². The van der Waals surface area contributed by atoms with E-state index in [0.717, 1.165) is 0 Å². The lowest BCUT2D eigenvalue weighted by atomic mass is 10.3.